The molecule has 0 aromatic heterocycles. The molecular weight excluding hydrogens is 318 g/mol. The van der Waals surface area contributed by atoms with Crippen molar-refractivity contribution in [3.05, 3.63) is 71.8 Å². The van der Waals surface area contributed by atoms with Crippen LogP contribution in [0.15, 0.2) is 60.7 Å². The van der Waals surface area contributed by atoms with Crippen LogP contribution in [-0.2, 0) is 4.79 Å². The third kappa shape index (κ3) is 3.61. The smallest absolute Gasteiger partial charge is 0.336 e. The van der Waals surface area contributed by atoms with Gasteiger partial charge in [0, 0.05) is 11.1 Å². The summed E-state index contributed by atoms with van der Waals surface area (Å²) in [6.45, 7) is 1.50. The number of hydrogen-bond donors (Lipinski definition) is 2. The van der Waals surface area contributed by atoms with Gasteiger partial charge in [0.15, 0.2) is 6.61 Å². The molecule has 0 saturated heterocycles. The number of amides is 1. The number of aromatic carboxylic acids is 1. The highest BCUT2D eigenvalue weighted by atomic mass is 16.5. The van der Waals surface area contributed by atoms with Crippen LogP contribution in [0.4, 0.5) is 5.69 Å². The van der Waals surface area contributed by atoms with Crippen LogP contribution < -0.4 is 10.1 Å². The monoisotopic (exact) mass is 335 g/mol. The Morgan fingerprint density at radius 3 is 2.52 bits per heavy atom. The van der Waals surface area contributed by atoms with Crippen LogP contribution in [0.1, 0.15) is 15.9 Å². The maximum Gasteiger partial charge on any atom is 0.336 e. The molecule has 5 nitrogen and oxygen atoms in total. The Kier molecular flexibility index (Phi) is 4.66. The molecule has 0 radical (unpaired) electrons. The van der Waals surface area contributed by atoms with Crippen molar-refractivity contribution in [1.29, 1.82) is 0 Å². The first-order chi connectivity index (χ1) is 12.1. The summed E-state index contributed by atoms with van der Waals surface area (Å²) in [5.74, 6) is -0.747. The normalized spacial score (nSPS) is 10.4. The number of rotatable bonds is 5. The van der Waals surface area contributed by atoms with Crippen LogP contribution in [-0.4, -0.2) is 23.6 Å². The predicted octanol–water partition coefficient (Wildman–Crippen LogP) is 3.86. The topological polar surface area (TPSA) is 75.6 Å². The molecule has 3 aromatic carbocycles. The minimum absolute atomic E-state index is 0.160. The molecule has 0 fully saturated rings. The summed E-state index contributed by atoms with van der Waals surface area (Å²) in [6, 6.07) is 18.2. The number of carboxylic acid groups (broad SMARTS) is 1. The lowest BCUT2D eigenvalue weighted by Gasteiger charge is -2.12. The van der Waals surface area contributed by atoms with Crippen molar-refractivity contribution in [3.63, 3.8) is 0 Å². The Morgan fingerprint density at radius 1 is 1.00 bits per heavy atom. The Bertz CT molecular complexity index is 944. The van der Waals surface area contributed by atoms with Gasteiger partial charge in [0.25, 0.3) is 5.91 Å². The van der Waals surface area contributed by atoms with E-state index in [-0.39, 0.29) is 18.1 Å². The second-order valence-electron chi connectivity index (χ2n) is 5.60. The molecule has 1 amide bonds. The van der Waals surface area contributed by atoms with Crippen molar-refractivity contribution in [3.8, 4) is 5.75 Å². The first-order valence-corrected chi connectivity index (χ1v) is 7.79. The molecule has 0 aliphatic heterocycles. The van der Waals surface area contributed by atoms with E-state index in [2.05, 4.69) is 5.32 Å². The van der Waals surface area contributed by atoms with Gasteiger partial charge in [-0.3, -0.25) is 4.79 Å². The maximum atomic E-state index is 12.2. The number of fused-ring (bicyclic) bond motifs is 1. The fourth-order valence-corrected chi connectivity index (χ4v) is 2.65. The van der Waals surface area contributed by atoms with Crippen LogP contribution in [0.5, 0.6) is 5.75 Å². The fraction of sp³-hybridized carbons (Fsp3) is 0.100. The van der Waals surface area contributed by atoms with Gasteiger partial charge in [0.05, 0.1) is 5.56 Å². The van der Waals surface area contributed by atoms with Gasteiger partial charge in [0.1, 0.15) is 5.75 Å². The van der Waals surface area contributed by atoms with Gasteiger partial charge in [-0.2, -0.15) is 0 Å². The van der Waals surface area contributed by atoms with E-state index in [1.54, 1.807) is 19.1 Å². The number of carbonyl (C=O) groups excluding carboxylic acids is 1. The zero-order chi connectivity index (χ0) is 17.8. The van der Waals surface area contributed by atoms with E-state index in [1.165, 1.54) is 6.07 Å². The molecule has 0 aliphatic carbocycles. The molecule has 3 aromatic rings. The molecule has 3 rings (SSSR count). The van der Waals surface area contributed by atoms with Crippen molar-refractivity contribution in [2.45, 2.75) is 6.92 Å². The van der Waals surface area contributed by atoms with E-state index in [1.807, 2.05) is 42.5 Å². The molecule has 0 saturated carbocycles. The van der Waals surface area contributed by atoms with Crippen molar-refractivity contribution < 1.29 is 19.4 Å². The second kappa shape index (κ2) is 7.05. The zero-order valence-corrected chi connectivity index (χ0v) is 13.7. The quantitative estimate of drug-likeness (QED) is 0.742. The zero-order valence-electron chi connectivity index (χ0n) is 13.7. The number of anilines is 1. The van der Waals surface area contributed by atoms with Gasteiger partial charge in [0.2, 0.25) is 0 Å². The fourth-order valence-electron chi connectivity index (χ4n) is 2.65. The number of carboxylic acids is 1. The molecule has 126 valence electrons. The largest absolute Gasteiger partial charge is 0.483 e. The Balaban J connectivity index is 1.71. The van der Waals surface area contributed by atoms with Crippen LogP contribution in [0.2, 0.25) is 0 Å². The van der Waals surface area contributed by atoms with E-state index in [4.69, 9.17) is 9.84 Å². The molecular formula is C20H17NO4. The van der Waals surface area contributed by atoms with Crippen molar-refractivity contribution in [2.75, 3.05) is 11.9 Å². The van der Waals surface area contributed by atoms with Crippen molar-refractivity contribution in [1.82, 2.24) is 0 Å². The number of nitrogens with one attached hydrogen (secondary N) is 1. The molecule has 0 aliphatic rings. The van der Waals surface area contributed by atoms with Crippen LogP contribution in [0, 0.1) is 6.92 Å². The van der Waals surface area contributed by atoms with Gasteiger partial charge in [-0.1, -0.05) is 42.5 Å². The van der Waals surface area contributed by atoms with Crippen molar-refractivity contribution >= 4 is 28.3 Å². The summed E-state index contributed by atoms with van der Waals surface area (Å²) < 4.78 is 5.64. The summed E-state index contributed by atoms with van der Waals surface area (Å²) in [7, 11) is 0. The van der Waals surface area contributed by atoms with Gasteiger partial charge >= 0.3 is 5.97 Å². The van der Waals surface area contributed by atoms with Crippen molar-refractivity contribution in [2.24, 2.45) is 0 Å². The summed E-state index contributed by atoms with van der Waals surface area (Å²) >= 11 is 0. The lowest BCUT2D eigenvalue weighted by Crippen LogP contribution is -2.21. The first kappa shape index (κ1) is 16.5. The van der Waals surface area contributed by atoms with Crippen LogP contribution in [0.3, 0.4) is 0 Å². The molecule has 0 atom stereocenters. The summed E-state index contributed by atoms with van der Waals surface area (Å²) in [4.78, 5) is 23.3. The molecule has 25 heavy (non-hydrogen) atoms. The minimum atomic E-state index is -1.03. The average molecular weight is 335 g/mol. The predicted molar refractivity (Wildman–Crippen MR) is 96.2 cm³/mol. The van der Waals surface area contributed by atoms with E-state index in [9.17, 15) is 9.59 Å². The number of ether oxygens (including phenoxy) is 1. The number of benzene rings is 3. The maximum absolute atomic E-state index is 12.2. The highest BCUT2D eigenvalue weighted by Gasteiger charge is 2.12. The standard InChI is InChI=1S/C20H17NO4/c1-13-15(20(23)24)9-5-10-17(13)21-19(22)12-25-18-11-4-7-14-6-2-3-8-16(14)18/h2-11H,12H2,1H3,(H,21,22)(H,23,24). The van der Waals surface area contributed by atoms with E-state index < -0.39 is 5.97 Å². The molecule has 0 unspecified atom stereocenters. The third-order valence-electron chi connectivity index (χ3n) is 3.95. The molecule has 0 bridgehead atoms. The number of hydrogen-bond acceptors (Lipinski definition) is 3. The highest BCUT2D eigenvalue weighted by molar-refractivity contribution is 5.97. The molecule has 0 heterocycles. The SMILES string of the molecule is Cc1c(NC(=O)COc2cccc3ccccc23)cccc1C(=O)O. The minimum Gasteiger partial charge on any atom is -0.483 e. The summed E-state index contributed by atoms with van der Waals surface area (Å²) in [5.41, 5.74) is 1.13. The van der Waals surface area contributed by atoms with E-state index in [0.29, 0.717) is 17.0 Å². The van der Waals surface area contributed by atoms with Crippen LogP contribution in [0.25, 0.3) is 10.8 Å². The van der Waals surface area contributed by atoms with Gasteiger partial charge in [-0.15, -0.1) is 0 Å². The van der Waals surface area contributed by atoms with E-state index >= 15 is 0 Å². The average Bonchev–Trinajstić information content (AvgIpc) is 2.61. The van der Waals surface area contributed by atoms with E-state index in [0.717, 1.165) is 10.8 Å². The second-order valence-corrected chi connectivity index (χ2v) is 5.60. The van der Waals surface area contributed by atoms with Gasteiger partial charge < -0.3 is 15.2 Å². The van der Waals surface area contributed by atoms with Gasteiger partial charge in [-0.25, -0.2) is 4.79 Å². The number of carbonyl (C=O) groups is 2. The Hall–Kier alpha value is -3.34. The summed E-state index contributed by atoms with van der Waals surface area (Å²) in [6.07, 6.45) is 0. The Morgan fingerprint density at radius 2 is 1.72 bits per heavy atom. The van der Waals surface area contributed by atoms with Crippen LogP contribution >= 0.6 is 0 Å². The summed E-state index contributed by atoms with van der Waals surface area (Å²) in [5, 5.41) is 13.8. The highest BCUT2D eigenvalue weighted by Crippen LogP contribution is 2.25. The lowest BCUT2D eigenvalue weighted by atomic mass is 10.1. The Labute approximate surface area is 144 Å². The molecule has 5 heteroatoms. The lowest BCUT2D eigenvalue weighted by molar-refractivity contribution is -0.118. The third-order valence-corrected chi connectivity index (χ3v) is 3.95. The van der Waals surface area contributed by atoms with Gasteiger partial charge in [-0.05, 0) is 36.1 Å². The first-order valence-electron chi connectivity index (χ1n) is 7.79. The molecule has 0 spiro atoms. The molecule has 2 N–H and O–H groups in total.